The van der Waals surface area contributed by atoms with Crippen LogP contribution in [0.25, 0.3) is 11.3 Å². The maximum atomic E-state index is 11.6. The van der Waals surface area contributed by atoms with Gasteiger partial charge in [0.15, 0.2) is 5.11 Å². The number of methoxy groups -OCH3 is 2. The van der Waals surface area contributed by atoms with Crippen LogP contribution in [0.2, 0.25) is 5.02 Å². The average Bonchev–Trinajstić information content (AvgIpc) is 2.74. The maximum Gasteiger partial charge on any atom is 0.248 e. The number of pyridine rings is 1. The highest BCUT2D eigenvalue weighted by Crippen LogP contribution is 2.36. The molecule has 3 rings (SSSR count). The van der Waals surface area contributed by atoms with Gasteiger partial charge in [-0.1, -0.05) is 23.7 Å². The van der Waals surface area contributed by atoms with Crippen molar-refractivity contribution in [3.05, 3.63) is 64.8 Å². The van der Waals surface area contributed by atoms with E-state index in [0.717, 1.165) is 11.1 Å². The number of rotatable bonds is 6. The molecule has 160 valence electrons. The number of ether oxygens (including phenoxy) is 2. The van der Waals surface area contributed by atoms with E-state index >= 15 is 0 Å². The summed E-state index contributed by atoms with van der Waals surface area (Å²) in [6, 6.07) is 12.4. The Bertz CT molecular complexity index is 1140. The third kappa shape index (κ3) is 5.04. The van der Waals surface area contributed by atoms with E-state index in [1.807, 2.05) is 25.1 Å². The predicted molar refractivity (Wildman–Crippen MR) is 127 cm³/mol. The number of nitrogens with two attached hydrogens (primary N) is 1. The van der Waals surface area contributed by atoms with Gasteiger partial charge in [0.1, 0.15) is 11.5 Å². The fourth-order valence-electron chi connectivity index (χ4n) is 3.05. The van der Waals surface area contributed by atoms with Crippen molar-refractivity contribution in [2.75, 3.05) is 24.9 Å². The number of thiocarbonyl (C=S) groups is 1. The minimum atomic E-state index is -0.469. The molecule has 2 aromatic carbocycles. The fraction of sp³-hybridized carbons (Fsp3) is 0.136. The number of benzene rings is 2. The van der Waals surface area contributed by atoms with Crippen molar-refractivity contribution in [2.24, 2.45) is 5.73 Å². The van der Waals surface area contributed by atoms with Crippen LogP contribution in [-0.4, -0.2) is 30.2 Å². The van der Waals surface area contributed by atoms with Crippen molar-refractivity contribution in [1.29, 1.82) is 0 Å². The summed E-state index contributed by atoms with van der Waals surface area (Å²) < 4.78 is 10.6. The molecule has 1 amide bonds. The lowest BCUT2D eigenvalue weighted by Gasteiger charge is -2.15. The highest BCUT2D eigenvalue weighted by molar-refractivity contribution is 7.80. The molecule has 0 saturated carbocycles. The van der Waals surface area contributed by atoms with Gasteiger partial charge in [-0.3, -0.25) is 9.78 Å². The first kappa shape index (κ1) is 22.3. The molecule has 3 aromatic rings. The highest BCUT2D eigenvalue weighted by Gasteiger charge is 2.13. The molecule has 0 unspecified atom stereocenters. The molecular formula is C22H21ClN4O3S. The van der Waals surface area contributed by atoms with E-state index in [-0.39, 0.29) is 0 Å². The Labute approximate surface area is 190 Å². The quantitative estimate of drug-likeness (QED) is 0.465. The molecule has 0 atom stereocenters. The summed E-state index contributed by atoms with van der Waals surface area (Å²) in [7, 11) is 3.07. The van der Waals surface area contributed by atoms with Gasteiger partial charge in [-0.25, -0.2) is 0 Å². The van der Waals surface area contributed by atoms with E-state index < -0.39 is 5.91 Å². The number of hydrogen-bond donors (Lipinski definition) is 3. The van der Waals surface area contributed by atoms with Gasteiger partial charge in [0.25, 0.3) is 0 Å². The Balaban J connectivity index is 1.75. The van der Waals surface area contributed by atoms with Gasteiger partial charge in [-0.2, -0.15) is 0 Å². The second-order valence-electron chi connectivity index (χ2n) is 6.54. The first-order valence-corrected chi connectivity index (χ1v) is 9.98. The van der Waals surface area contributed by atoms with Crippen LogP contribution in [0.4, 0.5) is 11.4 Å². The zero-order chi connectivity index (χ0) is 22.5. The van der Waals surface area contributed by atoms with Crippen LogP contribution < -0.4 is 25.8 Å². The number of hydrogen-bond acceptors (Lipinski definition) is 5. The molecule has 9 heteroatoms. The van der Waals surface area contributed by atoms with Gasteiger partial charge < -0.3 is 25.8 Å². The lowest BCUT2D eigenvalue weighted by Crippen LogP contribution is -2.19. The first-order chi connectivity index (χ1) is 14.8. The Hall–Kier alpha value is -3.36. The monoisotopic (exact) mass is 456 g/mol. The van der Waals surface area contributed by atoms with Crippen LogP contribution in [-0.2, 0) is 0 Å². The smallest absolute Gasteiger partial charge is 0.248 e. The topological polar surface area (TPSA) is 98.5 Å². The molecule has 0 bridgehead atoms. The molecule has 31 heavy (non-hydrogen) atoms. The van der Waals surface area contributed by atoms with E-state index in [4.69, 9.17) is 39.0 Å². The third-order valence-corrected chi connectivity index (χ3v) is 5.12. The Morgan fingerprint density at radius 2 is 1.84 bits per heavy atom. The number of amides is 1. The molecule has 0 spiro atoms. The fourth-order valence-corrected chi connectivity index (χ4v) is 3.52. The lowest BCUT2D eigenvalue weighted by atomic mass is 9.99. The standard InChI is InChI=1S/C22H21ClN4O3S/c1-12-14(5-4-6-15(12)21(24)28)17-8-7-13(11-25-17)26-22(31)27-18-9-16(23)19(29-2)10-20(18)30-3/h4-11H,1-3H3,(H2,24,28)(H2,26,27,31). The summed E-state index contributed by atoms with van der Waals surface area (Å²) >= 11 is 11.6. The number of anilines is 2. The average molecular weight is 457 g/mol. The molecule has 0 aliphatic heterocycles. The van der Waals surface area contributed by atoms with E-state index in [2.05, 4.69) is 15.6 Å². The Morgan fingerprint density at radius 3 is 2.45 bits per heavy atom. The Kier molecular flexibility index (Phi) is 6.94. The summed E-state index contributed by atoms with van der Waals surface area (Å²) in [4.78, 5) is 16.1. The normalized spacial score (nSPS) is 10.3. The number of carbonyl (C=O) groups excluding carboxylic acids is 1. The van der Waals surface area contributed by atoms with Gasteiger partial charge in [0.2, 0.25) is 5.91 Å². The van der Waals surface area contributed by atoms with Gasteiger partial charge in [-0.15, -0.1) is 0 Å². The molecule has 1 heterocycles. The van der Waals surface area contributed by atoms with E-state index in [0.29, 0.717) is 44.3 Å². The van der Waals surface area contributed by atoms with Crippen LogP contribution in [0, 0.1) is 6.92 Å². The number of nitrogens with one attached hydrogen (secondary N) is 2. The molecule has 0 saturated heterocycles. The van der Waals surface area contributed by atoms with Crippen molar-refractivity contribution < 1.29 is 14.3 Å². The molecule has 4 N–H and O–H groups in total. The molecule has 0 aliphatic rings. The number of nitrogens with zero attached hydrogens (tertiary/aromatic N) is 1. The van der Waals surface area contributed by atoms with Gasteiger partial charge in [0, 0.05) is 17.2 Å². The van der Waals surface area contributed by atoms with E-state index in [1.165, 1.54) is 7.11 Å². The second-order valence-corrected chi connectivity index (χ2v) is 7.36. The van der Waals surface area contributed by atoms with Gasteiger partial charge in [-0.05, 0) is 49.0 Å². The van der Waals surface area contributed by atoms with Crippen LogP contribution in [0.1, 0.15) is 15.9 Å². The third-order valence-electron chi connectivity index (χ3n) is 4.62. The summed E-state index contributed by atoms with van der Waals surface area (Å²) in [6.07, 6.45) is 1.65. The van der Waals surface area contributed by atoms with Crippen molar-refractivity contribution in [3.63, 3.8) is 0 Å². The maximum absolute atomic E-state index is 11.6. The zero-order valence-electron chi connectivity index (χ0n) is 17.2. The van der Waals surface area contributed by atoms with Crippen LogP contribution >= 0.6 is 23.8 Å². The summed E-state index contributed by atoms with van der Waals surface area (Å²) in [5.74, 6) is 0.560. The van der Waals surface area contributed by atoms with Crippen molar-refractivity contribution in [1.82, 2.24) is 4.98 Å². The van der Waals surface area contributed by atoms with Crippen LogP contribution in [0.15, 0.2) is 48.7 Å². The number of aromatic nitrogens is 1. The SMILES string of the molecule is COc1cc(OC)c(NC(=S)Nc2ccc(-c3cccc(C(N)=O)c3C)nc2)cc1Cl. The number of halogens is 1. The van der Waals surface area contributed by atoms with Gasteiger partial charge in [0.05, 0.1) is 42.5 Å². The van der Waals surface area contributed by atoms with E-state index in [9.17, 15) is 4.79 Å². The Morgan fingerprint density at radius 1 is 1.10 bits per heavy atom. The van der Waals surface area contributed by atoms with Crippen LogP contribution in [0.3, 0.4) is 0 Å². The largest absolute Gasteiger partial charge is 0.495 e. The van der Waals surface area contributed by atoms with Crippen molar-refractivity contribution >= 4 is 46.2 Å². The number of primary amides is 1. The summed E-state index contributed by atoms with van der Waals surface area (Å²) in [5, 5.41) is 6.88. The van der Waals surface area contributed by atoms with Gasteiger partial charge >= 0.3 is 0 Å². The summed E-state index contributed by atoms with van der Waals surface area (Å²) in [5.41, 5.74) is 9.51. The lowest BCUT2D eigenvalue weighted by molar-refractivity contribution is 0.0999. The predicted octanol–water partition coefficient (Wildman–Crippen LogP) is 4.64. The second kappa shape index (κ2) is 9.63. The van der Waals surface area contributed by atoms with Crippen molar-refractivity contribution in [2.45, 2.75) is 6.92 Å². The first-order valence-electron chi connectivity index (χ1n) is 9.19. The summed E-state index contributed by atoms with van der Waals surface area (Å²) in [6.45, 7) is 1.84. The molecular weight excluding hydrogens is 436 g/mol. The minimum absolute atomic E-state index is 0.334. The van der Waals surface area contributed by atoms with E-state index in [1.54, 1.807) is 37.6 Å². The number of carbonyl (C=O) groups is 1. The molecule has 0 fully saturated rings. The molecule has 7 nitrogen and oxygen atoms in total. The molecule has 0 aliphatic carbocycles. The zero-order valence-corrected chi connectivity index (χ0v) is 18.7. The minimum Gasteiger partial charge on any atom is -0.495 e. The molecule has 0 radical (unpaired) electrons. The highest BCUT2D eigenvalue weighted by atomic mass is 35.5. The molecule has 1 aromatic heterocycles. The van der Waals surface area contributed by atoms with Crippen LogP contribution in [0.5, 0.6) is 11.5 Å². The van der Waals surface area contributed by atoms with Crippen molar-refractivity contribution in [3.8, 4) is 22.8 Å².